The van der Waals surface area contributed by atoms with Crippen molar-refractivity contribution in [2.75, 3.05) is 13.1 Å². The molecule has 0 heterocycles. The number of benzene rings is 2. The SMILES string of the molecule is C[C@H](NCC(=O)NCCc1ccc(F)cc1)c1ccc(Cl)cc1Cl. The van der Waals surface area contributed by atoms with E-state index in [-0.39, 0.29) is 24.3 Å². The zero-order valence-electron chi connectivity index (χ0n) is 13.3. The van der Waals surface area contributed by atoms with E-state index in [0.29, 0.717) is 23.0 Å². The second kappa shape index (κ2) is 9.02. The molecule has 0 spiro atoms. The summed E-state index contributed by atoms with van der Waals surface area (Å²) in [5.41, 5.74) is 1.87. The van der Waals surface area contributed by atoms with E-state index in [2.05, 4.69) is 10.6 Å². The van der Waals surface area contributed by atoms with Crippen LogP contribution in [0.2, 0.25) is 10.0 Å². The highest BCUT2D eigenvalue weighted by Gasteiger charge is 2.11. The number of hydrogen-bond donors (Lipinski definition) is 2. The summed E-state index contributed by atoms with van der Waals surface area (Å²) in [7, 11) is 0. The predicted molar refractivity (Wildman–Crippen MR) is 96.0 cm³/mol. The lowest BCUT2D eigenvalue weighted by molar-refractivity contribution is -0.120. The van der Waals surface area contributed by atoms with Gasteiger partial charge in [0.05, 0.1) is 6.54 Å². The molecule has 0 aliphatic heterocycles. The predicted octanol–water partition coefficient (Wildman–Crippen LogP) is 4.14. The Labute approximate surface area is 151 Å². The number of nitrogens with one attached hydrogen (secondary N) is 2. The van der Waals surface area contributed by atoms with E-state index < -0.39 is 0 Å². The number of carbonyl (C=O) groups is 1. The van der Waals surface area contributed by atoms with Gasteiger partial charge >= 0.3 is 0 Å². The number of rotatable bonds is 7. The van der Waals surface area contributed by atoms with Crippen LogP contribution in [-0.4, -0.2) is 19.0 Å². The normalized spacial score (nSPS) is 12.0. The van der Waals surface area contributed by atoms with Crippen LogP contribution in [-0.2, 0) is 11.2 Å². The van der Waals surface area contributed by atoms with Gasteiger partial charge in [-0.2, -0.15) is 0 Å². The number of hydrogen-bond acceptors (Lipinski definition) is 2. The Bertz CT molecular complexity index is 692. The topological polar surface area (TPSA) is 41.1 Å². The first-order valence-corrected chi connectivity index (χ1v) is 8.41. The summed E-state index contributed by atoms with van der Waals surface area (Å²) in [4.78, 5) is 11.9. The molecule has 128 valence electrons. The van der Waals surface area contributed by atoms with Gasteiger partial charge in [0.25, 0.3) is 0 Å². The average Bonchev–Trinajstić information content (AvgIpc) is 2.54. The van der Waals surface area contributed by atoms with Crippen LogP contribution in [0.25, 0.3) is 0 Å². The van der Waals surface area contributed by atoms with Crippen LogP contribution in [0.4, 0.5) is 4.39 Å². The molecular weight excluding hydrogens is 350 g/mol. The van der Waals surface area contributed by atoms with E-state index in [4.69, 9.17) is 23.2 Å². The zero-order chi connectivity index (χ0) is 17.5. The second-order valence-electron chi connectivity index (χ2n) is 5.49. The molecule has 0 saturated carbocycles. The molecule has 0 bridgehead atoms. The summed E-state index contributed by atoms with van der Waals surface area (Å²) in [5.74, 6) is -0.365. The molecule has 0 fully saturated rings. The second-order valence-corrected chi connectivity index (χ2v) is 6.34. The Morgan fingerprint density at radius 2 is 1.88 bits per heavy atom. The quantitative estimate of drug-likeness (QED) is 0.770. The van der Waals surface area contributed by atoms with Crippen LogP contribution in [0.3, 0.4) is 0 Å². The van der Waals surface area contributed by atoms with E-state index in [9.17, 15) is 9.18 Å². The smallest absolute Gasteiger partial charge is 0.233 e. The maximum Gasteiger partial charge on any atom is 0.233 e. The van der Waals surface area contributed by atoms with Gasteiger partial charge in [0.1, 0.15) is 5.82 Å². The summed E-state index contributed by atoms with van der Waals surface area (Å²) in [6, 6.07) is 11.5. The Hall–Kier alpha value is -1.62. The van der Waals surface area contributed by atoms with Crippen molar-refractivity contribution in [2.24, 2.45) is 0 Å². The minimum Gasteiger partial charge on any atom is -0.355 e. The van der Waals surface area contributed by atoms with Gasteiger partial charge in [0, 0.05) is 22.6 Å². The lowest BCUT2D eigenvalue weighted by atomic mass is 10.1. The van der Waals surface area contributed by atoms with Crippen LogP contribution in [0.15, 0.2) is 42.5 Å². The fraction of sp³-hybridized carbons (Fsp3) is 0.278. The molecule has 2 rings (SSSR count). The molecule has 0 unspecified atom stereocenters. The molecule has 0 radical (unpaired) electrons. The molecule has 0 aromatic heterocycles. The third-order valence-electron chi connectivity index (χ3n) is 3.65. The highest BCUT2D eigenvalue weighted by atomic mass is 35.5. The Morgan fingerprint density at radius 3 is 2.54 bits per heavy atom. The fourth-order valence-electron chi connectivity index (χ4n) is 2.27. The molecule has 6 heteroatoms. The maximum atomic E-state index is 12.8. The van der Waals surface area contributed by atoms with E-state index in [1.165, 1.54) is 12.1 Å². The number of halogens is 3. The van der Waals surface area contributed by atoms with E-state index in [1.807, 2.05) is 13.0 Å². The lowest BCUT2D eigenvalue weighted by Gasteiger charge is -2.16. The van der Waals surface area contributed by atoms with Crippen LogP contribution in [0.1, 0.15) is 24.1 Å². The van der Waals surface area contributed by atoms with Gasteiger partial charge in [-0.05, 0) is 48.7 Å². The van der Waals surface area contributed by atoms with E-state index >= 15 is 0 Å². The molecule has 1 atom stereocenters. The van der Waals surface area contributed by atoms with Crippen molar-refractivity contribution in [1.82, 2.24) is 10.6 Å². The molecule has 3 nitrogen and oxygen atoms in total. The van der Waals surface area contributed by atoms with Gasteiger partial charge in [0.15, 0.2) is 0 Å². The molecule has 2 N–H and O–H groups in total. The van der Waals surface area contributed by atoms with Gasteiger partial charge < -0.3 is 10.6 Å². The van der Waals surface area contributed by atoms with E-state index in [1.54, 1.807) is 24.3 Å². The molecular formula is C18H19Cl2FN2O. The van der Waals surface area contributed by atoms with Crippen molar-refractivity contribution >= 4 is 29.1 Å². The van der Waals surface area contributed by atoms with Gasteiger partial charge in [-0.25, -0.2) is 4.39 Å². The fourth-order valence-corrected chi connectivity index (χ4v) is 2.84. The van der Waals surface area contributed by atoms with Crippen molar-refractivity contribution in [3.8, 4) is 0 Å². The Morgan fingerprint density at radius 1 is 1.17 bits per heavy atom. The molecule has 1 amide bonds. The summed E-state index contributed by atoms with van der Waals surface area (Å²) in [6.07, 6.45) is 0.657. The summed E-state index contributed by atoms with van der Waals surface area (Å²) < 4.78 is 12.8. The minimum atomic E-state index is -0.262. The van der Waals surface area contributed by atoms with Crippen molar-refractivity contribution in [3.05, 3.63) is 69.5 Å². The minimum absolute atomic E-state index is 0.0717. The van der Waals surface area contributed by atoms with Crippen molar-refractivity contribution in [3.63, 3.8) is 0 Å². The average molecular weight is 369 g/mol. The summed E-state index contributed by atoms with van der Waals surface area (Å²) in [6.45, 7) is 2.62. The first-order chi connectivity index (χ1) is 11.5. The highest BCUT2D eigenvalue weighted by Crippen LogP contribution is 2.25. The van der Waals surface area contributed by atoms with Gasteiger partial charge in [-0.15, -0.1) is 0 Å². The molecule has 0 saturated heterocycles. The van der Waals surface area contributed by atoms with Gasteiger partial charge in [0.2, 0.25) is 5.91 Å². The number of carbonyl (C=O) groups excluding carboxylic acids is 1. The van der Waals surface area contributed by atoms with Gasteiger partial charge in [-0.1, -0.05) is 41.4 Å². The van der Waals surface area contributed by atoms with Crippen LogP contribution >= 0.6 is 23.2 Å². The largest absolute Gasteiger partial charge is 0.355 e. The maximum absolute atomic E-state index is 12.8. The van der Waals surface area contributed by atoms with Gasteiger partial charge in [-0.3, -0.25) is 4.79 Å². The van der Waals surface area contributed by atoms with E-state index in [0.717, 1.165) is 11.1 Å². The van der Waals surface area contributed by atoms with Crippen LogP contribution < -0.4 is 10.6 Å². The van der Waals surface area contributed by atoms with Crippen molar-refractivity contribution in [2.45, 2.75) is 19.4 Å². The zero-order valence-corrected chi connectivity index (χ0v) is 14.8. The van der Waals surface area contributed by atoms with Crippen molar-refractivity contribution < 1.29 is 9.18 Å². The lowest BCUT2D eigenvalue weighted by Crippen LogP contribution is -2.36. The highest BCUT2D eigenvalue weighted by molar-refractivity contribution is 6.35. The molecule has 2 aromatic carbocycles. The van der Waals surface area contributed by atoms with Crippen LogP contribution in [0, 0.1) is 5.82 Å². The standard InChI is InChI=1S/C18H19Cl2FN2O/c1-12(16-7-4-14(19)10-17(16)20)23-11-18(24)22-9-8-13-2-5-15(21)6-3-13/h2-7,10,12,23H,8-9,11H2,1H3,(H,22,24)/t12-/m0/s1. The third kappa shape index (κ3) is 5.78. The molecule has 0 aliphatic carbocycles. The monoisotopic (exact) mass is 368 g/mol. The summed E-state index contributed by atoms with van der Waals surface area (Å²) in [5, 5.41) is 7.10. The Balaban J connectivity index is 1.73. The van der Waals surface area contributed by atoms with Crippen molar-refractivity contribution in [1.29, 1.82) is 0 Å². The first-order valence-electron chi connectivity index (χ1n) is 7.65. The first kappa shape index (κ1) is 18.7. The number of amides is 1. The molecule has 24 heavy (non-hydrogen) atoms. The Kier molecular flexibility index (Phi) is 7.03. The third-order valence-corrected chi connectivity index (χ3v) is 4.21. The molecule has 0 aliphatic rings. The summed E-state index contributed by atoms with van der Waals surface area (Å²) >= 11 is 12.0. The molecule has 2 aromatic rings. The van der Waals surface area contributed by atoms with Crippen LogP contribution in [0.5, 0.6) is 0 Å².